The third kappa shape index (κ3) is 4.78. The van der Waals surface area contributed by atoms with Gasteiger partial charge in [-0.3, -0.25) is 10.1 Å². The van der Waals surface area contributed by atoms with E-state index >= 15 is 0 Å². The maximum atomic E-state index is 12.7. The first-order valence-corrected chi connectivity index (χ1v) is 10.8. The zero-order valence-corrected chi connectivity index (χ0v) is 18.3. The van der Waals surface area contributed by atoms with Gasteiger partial charge in [-0.2, -0.15) is 0 Å². The monoisotopic (exact) mass is 457 g/mol. The molecular weight excluding hydrogens is 438 g/mol. The van der Waals surface area contributed by atoms with Gasteiger partial charge in [0.05, 0.1) is 17.3 Å². The van der Waals surface area contributed by atoms with Crippen molar-refractivity contribution in [2.75, 3.05) is 23.8 Å². The molecule has 2 aromatic carbocycles. The standard InChI is InChI=1S/C21H20ClN5O3S/c1-26(17-5-3-2-4-16(17)22)12-18-24-25-20(31-18)23-19(28)14-6-7-15-11-27(21(29)30)9-8-13(15)10-14/h2-7,10H,8-9,11-12H2,1H3,(H,29,30)(H,23,25,28). The quantitative estimate of drug-likeness (QED) is 0.598. The van der Waals surface area contributed by atoms with E-state index in [2.05, 4.69) is 15.5 Å². The molecule has 1 aliphatic rings. The number of fused-ring (bicyclic) bond motifs is 1. The number of carbonyl (C=O) groups excluding carboxylic acids is 1. The zero-order chi connectivity index (χ0) is 22.0. The molecule has 0 unspecified atom stereocenters. The van der Waals surface area contributed by atoms with E-state index in [4.69, 9.17) is 16.7 Å². The second kappa shape index (κ2) is 8.91. The minimum atomic E-state index is -0.931. The van der Waals surface area contributed by atoms with E-state index in [1.165, 1.54) is 16.2 Å². The van der Waals surface area contributed by atoms with Crippen molar-refractivity contribution in [3.63, 3.8) is 0 Å². The summed E-state index contributed by atoms with van der Waals surface area (Å²) in [6, 6.07) is 12.9. The van der Waals surface area contributed by atoms with Crippen LogP contribution in [0.5, 0.6) is 0 Å². The second-order valence-electron chi connectivity index (χ2n) is 7.20. The van der Waals surface area contributed by atoms with Crippen molar-refractivity contribution in [3.8, 4) is 0 Å². The average Bonchev–Trinajstić information content (AvgIpc) is 3.19. The van der Waals surface area contributed by atoms with Gasteiger partial charge in [0.25, 0.3) is 5.91 Å². The molecule has 0 aliphatic carbocycles. The highest BCUT2D eigenvalue weighted by Crippen LogP contribution is 2.27. The molecule has 10 heteroatoms. The van der Waals surface area contributed by atoms with Crippen LogP contribution in [0.3, 0.4) is 0 Å². The van der Waals surface area contributed by atoms with Crippen LogP contribution in [0.1, 0.15) is 26.5 Å². The molecule has 2 amide bonds. The number of benzene rings is 2. The Morgan fingerprint density at radius 1 is 1.23 bits per heavy atom. The number of halogens is 1. The Kier molecular flexibility index (Phi) is 6.06. The Labute approximate surface area is 188 Å². The second-order valence-corrected chi connectivity index (χ2v) is 8.67. The van der Waals surface area contributed by atoms with Gasteiger partial charge in [0.2, 0.25) is 5.13 Å². The lowest BCUT2D eigenvalue weighted by atomic mass is 9.97. The number of nitrogens with zero attached hydrogens (tertiary/aromatic N) is 4. The number of amides is 2. The summed E-state index contributed by atoms with van der Waals surface area (Å²) < 4.78 is 0. The number of para-hydroxylation sites is 1. The summed E-state index contributed by atoms with van der Waals surface area (Å²) in [6.07, 6.45) is -0.347. The summed E-state index contributed by atoms with van der Waals surface area (Å²) in [6.45, 7) is 1.27. The molecular formula is C21H20ClN5O3S. The lowest BCUT2D eigenvalue weighted by Gasteiger charge is -2.26. The number of hydrogen-bond donors (Lipinski definition) is 2. The van der Waals surface area contributed by atoms with Crippen LogP contribution in [-0.2, 0) is 19.5 Å². The largest absolute Gasteiger partial charge is 0.465 e. The highest BCUT2D eigenvalue weighted by Gasteiger charge is 2.21. The number of nitrogens with one attached hydrogen (secondary N) is 1. The van der Waals surface area contributed by atoms with E-state index in [1.807, 2.05) is 48.3 Å². The van der Waals surface area contributed by atoms with Crippen LogP contribution >= 0.6 is 22.9 Å². The molecule has 2 N–H and O–H groups in total. The summed E-state index contributed by atoms with van der Waals surface area (Å²) in [4.78, 5) is 27.2. The minimum absolute atomic E-state index is 0.273. The molecule has 0 saturated heterocycles. The number of hydrogen-bond acceptors (Lipinski definition) is 6. The molecule has 3 aromatic rings. The molecule has 0 radical (unpaired) electrons. The van der Waals surface area contributed by atoms with Crippen molar-refractivity contribution in [2.24, 2.45) is 0 Å². The Bertz CT molecular complexity index is 1140. The maximum Gasteiger partial charge on any atom is 0.407 e. The molecule has 0 bridgehead atoms. The SMILES string of the molecule is CN(Cc1nnc(NC(=O)c2ccc3c(c2)CCN(C(=O)O)C3)s1)c1ccccc1Cl. The zero-order valence-electron chi connectivity index (χ0n) is 16.7. The molecule has 2 heterocycles. The van der Waals surface area contributed by atoms with Gasteiger partial charge in [-0.1, -0.05) is 41.1 Å². The van der Waals surface area contributed by atoms with Gasteiger partial charge in [-0.25, -0.2) is 4.79 Å². The van der Waals surface area contributed by atoms with Gasteiger partial charge in [0.15, 0.2) is 0 Å². The maximum absolute atomic E-state index is 12.7. The first-order chi connectivity index (χ1) is 14.9. The van der Waals surface area contributed by atoms with Crippen LogP contribution in [0.25, 0.3) is 0 Å². The molecule has 1 aliphatic heterocycles. The van der Waals surface area contributed by atoms with E-state index in [0.29, 0.717) is 41.8 Å². The Balaban J connectivity index is 1.40. The third-order valence-corrected chi connectivity index (χ3v) is 6.22. The third-order valence-electron chi connectivity index (χ3n) is 5.07. The summed E-state index contributed by atoms with van der Waals surface area (Å²) in [7, 11) is 1.92. The van der Waals surface area contributed by atoms with Gasteiger partial charge in [-0.15, -0.1) is 10.2 Å². The molecule has 8 nitrogen and oxygen atoms in total. The Morgan fingerprint density at radius 2 is 2.03 bits per heavy atom. The van der Waals surface area contributed by atoms with Crippen LogP contribution in [0.2, 0.25) is 5.02 Å². The summed E-state index contributed by atoms with van der Waals surface area (Å²) in [5, 5.41) is 22.0. The van der Waals surface area contributed by atoms with E-state index in [9.17, 15) is 9.59 Å². The minimum Gasteiger partial charge on any atom is -0.465 e. The molecule has 1 aromatic heterocycles. The number of carboxylic acid groups (broad SMARTS) is 1. The molecule has 0 atom stereocenters. The average molecular weight is 458 g/mol. The van der Waals surface area contributed by atoms with Crippen molar-refractivity contribution < 1.29 is 14.7 Å². The first kappa shape index (κ1) is 21.1. The van der Waals surface area contributed by atoms with Crippen LogP contribution in [0.4, 0.5) is 15.6 Å². The number of rotatable bonds is 5. The van der Waals surface area contributed by atoms with Crippen molar-refractivity contribution in [3.05, 3.63) is 69.2 Å². The fourth-order valence-corrected chi connectivity index (χ4v) is 4.51. The van der Waals surface area contributed by atoms with Crippen LogP contribution in [0.15, 0.2) is 42.5 Å². The van der Waals surface area contributed by atoms with Gasteiger partial charge >= 0.3 is 6.09 Å². The summed E-state index contributed by atoms with van der Waals surface area (Å²) in [5.41, 5.74) is 3.31. The number of anilines is 2. The van der Waals surface area contributed by atoms with E-state index < -0.39 is 6.09 Å². The van der Waals surface area contributed by atoms with Crippen LogP contribution in [-0.4, -0.2) is 45.8 Å². The topological polar surface area (TPSA) is 98.7 Å². The van der Waals surface area contributed by atoms with Gasteiger partial charge < -0.3 is 14.9 Å². The van der Waals surface area contributed by atoms with E-state index in [0.717, 1.165) is 21.8 Å². The number of aromatic nitrogens is 2. The van der Waals surface area contributed by atoms with Gasteiger partial charge in [0.1, 0.15) is 5.01 Å². The summed E-state index contributed by atoms with van der Waals surface area (Å²) in [5.74, 6) is -0.273. The highest BCUT2D eigenvalue weighted by molar-refractivity contribution is 7.15. The van der Waals surface area contributed by atoms with Crippen LogP contribution < -0.4 is 10.2 Å². The van der Waals surface area contributed by atoms with E-state index in [1.54, 1.807) is 6.07 Å². The van der Waals surface area contributed by atoms with Crippen molar-refractivity contribution >= 4 is 45.8 Å². The number of carbonyl (C=O) groups is 2. The van der Waals surface area contributed by atoms with Crippen molar-refractivity contribution in [1.29, 1.82) is 0 Å². The van der Waals surface area contributed by atoms with Gasteiger partial charge in [-0.05, 0) is 41.8 Å². The lowest BCUT2D eigenvalue weighted by molar-refractivity contribution is 0.102. The van der Waals surface area contributed by atoms with E-state index in [-0.39, 0.29) is 5.91 Å². The smallest absolute Gasteiger partial charge is 0.407 e. The first-order valence-electron chi connectivity index (χ1n) is 9.60. The Morgan fingerprint density at radius 3 is 2.81 bits per heavy atom. The lowest BCUT2D eigenvalue weighted by Crippen LogP contribution is -2.34. The highest BCUT2D eigenvalue weighted by atomic mass is 35.5. The molecule has 4 rings (SSSR count). The predicted octanol–water partition coefficient (Wildman–Crippen LogP) is 4.12. The fraction of sp³-hybridized carbons (Fsp3) is 0.238. The Hall–Kier alpha value is -3.17. The predicted molar refractivity (Wildman–Crippen MR) is 120 cm³/mol. The summed E-state index contributed by atoms with van der Waals surface area (Å²) >= 11 is 7.54. The van der Waals surface area contributed by atoms with Crippen LogP contribution in [0, 0.1) is 0 Å². The molecule has 0 fully saturated rings. The van der Waals surface area contributed by atoms with Crippen molar-refractivity contribution in [1.82, 2.24) is 15.1 Å². The molecule has 0 saturated carbocycles. The molecule has 0 spiro atoms. The van der Waals surface area contributed by atoms with Crippen molar-refractivity contribution in [2.45, 2.75) is 19.5 Å². The normalized spacial score (nSPS) is 12.9. The molecule has 31 heavy (non-hydrogen) atoms. The molecule has 160 valence electrons. The van der Waals surface area contributed by atoms with Gasteiger partial charge in [0, 0.05) is 25.7 Å². The fourth-order valence-electron chi connectivity index (χ4n) is 3.44.